The molecule has 1 aromatic rings. The van der Waals surface area contributed by atoms with Gasteiger partial charge in [-0.1, -0.05) is 18.2 Å². The van der Waals surface area contributed by atoms with Crippen molar-refractivity contribution in [3.63, 3.8) is 0 Å². The quantitative estimate of drug-likeness (QED) is 0.702. The van der Waals surface area contributed by atoms with E-state index < -0.39 is 12.1 Å². The monoisotopic (exact) mass is 293 g/mol. The van der Waals surface area contributed by atoms with E-state index in [1.54, 1.807) is 21.0 Å². The fourth-order valence-corrected chi connectivity index (χ4v) is 1.85. The molecule has 3 N–H and O–H groups in total. The number of hydrogen-bond donors (Lipinski definition) is 3. The van der Waals surface area contributed by atoms with E-state index in [0.717, 1.165) is 17.7 Å². The zero-order valence-corrected chi connectivity index (χ0v) is 12.7. The first-order chi connectivity index (χ1) is 10.1. The molecule has 0 aliphatic rings. The molecule has 6 nitrogen and oxygen atoms in total. The van der Waals surface area contributed by atoms with Crippen LogP contribution >= 0.6 is 0 Å². The van der Waals surface area contributed by atoms with E-state index in [0.29, 0.717) is 13.1 Å². The van der Waals surface area contributed by atoms with Crippen molar-refractivity contribution in [1.29, 1.82) is 0 Å². The van der Waals surface area contributed by atoms with Crippen LogP contribution in [0.15, 0.2) is 24.3 Å². The summed E-state index contributed by atoms with van der Waals surface area (Å²) in [6.07, 6.45) is 0.739. The van der Waals surface area contributed by atoms with Crippen LogP contribution in [0, 0.1) is 0 Å². The molecular formula is C15H23N3O3. The summed E-state index contributed by atoms with van der Waals surface area (Å²) < 4.78 is 5.27. The molecule has 0 aromatic heterocycles. The smallest absolute Gasteiger partial charge is 0.321 e. The van der Waals surface area contributed by atoms with Crippen molar-refractivity contribution in [1.82, 2.24) is 16.0 Å². The van der Waals surface area contributed by atoms with Crippen molar-refractivity contribution < 1.29 is 14.3 Å². The molecule has 1 unspecified atom stereocenters. The lowest BCUT2D eigenvalue weighted by atomic mass is 10.1. The zero-order chi connectivity index (χ0) is 15.7. The van der Waals surface area contributed by atoms with E-state index >= 15 is 0 Å². The molecular weight excluding hydrogens is 270 g/mol. The third-order valence-electron chi connectivity index (χ3n) is 3.00. The Bertz CT molecular complexity index is 477. The number of imide groups is 1. The lowest BCUT2D eigenvalue weighted by Gasteiger charge is -2.14. The Morgan fingerprint density at radius 3 is 2.67 bits per heavy atom. The van der Waals surface area contributed by atoms with Crippen LogP contribution in [0.1, 0.15) is 19.4 Å². The molecule has 0 saturated carbocycles. The van der Waals surface area contributed by atoms with Crippen LogP contribution < -0.4 is 20.7 Å². The first-order valence-corrected chi connectivity index (χ1v) is 7.02. The average molecular weight is 293 g/mol. The Balaban J connectivity index is 2.37. The number of benzene rings is 1. The molecule has 21 heavy (non-hydrogen) atoms. The van der Waals surface area contributed by atoms with Gasteiger partial charge in [0.25, 0.3) is 0 Å². The fourth-order valence-electron chi connectivity index (χ4n) is 1.85. The highest BCUT2D eigenvalue weighted by atomic mass is 16.5. The van der Waals surface area contributed by atoms with Gasteiger partial charge in [-0.25, -0.2) is 4.79 Å². The van der Waals surface area contributed by atoms with Crippen LogP contribution in [0.25, 0.3) is 0 Å². The standard InChI is InChI=1S/C15H23N3O3/c1-4-16-15(20)18-14(19)11(2)17-10-9-12-7-5-6-8-13(12)21-3/h5-8,11,17H,4,9-10H2,1-3H3,(H2,16,18,19,20). The molecule has 0 bridgehead atoms. The van der Waals surface area contributed by atoms with Gasteiger partial charge >= 0.3 is 6.03 Å². The zero-order valence-electron chi connectivity index (χ0n) is 12.7. The topological polar surface area (TPSA) is 79.5 Å². The maximum absolute atomic E-state index is 11.7. The Hall–Kier alpha value is -2.08. The van der Waals surface area contributed by atoms with Crippen molar-refractivity contribution in [2.75, 3.05) is 20.2 Å². The van der Waals surface area contributed by atoms with E-state index in [2.05, 4.69) is 16.0 Å². The first kappa shape index (κ1) is 17.0. The van der Waals surface area contributed by atoms with Gasteiger partial charge in [-0.3, -0.25) is 10.1 Å². The molecule has 0 radical (unpaired) electrons. The lowest BCUT2D eigenvalue weighted by Crippen LogP contribution is -2.48. The molecule has 3 amide bonds. The summed E-state index contributed by atoms with van der Waals surface area (Å²) >= 11 is 0. The second-order valence-corrected chi connectivity index (χ2v) is 4.59. The van der Waals surface area contributed by atoms with E-state index in [-0.39, 0.29) is 5.91 Å². The third-order valence-corrected chi connectivity index (χ3v) is 3.00. The number of methoxy groups -OCH3 is 1. The van der Waals surface area contributed by atoms with Gasteiger partial charge in [0.15, 0.2) is 0 Å². The van der Waals surface area contributed by atoms with Crippen LogP contribution in [0.3, 0.4) is 0 Å². The minimum absolute atomic E-state index is 0.346. The molecule has 0 heterocycles. The molecule has 116 valence electrons. The number of hydrogen-bond acceptors (Lipinski definition) is 4. The van der Waals surface area contributed by atoms with Gasteiger partial charge in [-0.15, -0.1) is 0 Å². The second kappa shape index (κ2) is 8.97. The van der Waals surface area contributed by atoms with E-state index in [9.17, 15) is 9.59 Å². The van der Waals surface area contributed by atoms with Crippen molar-refractivity contribution in [3.8, 4) is 5.75 Å². The highest BCUT2D eigenvalue weighted by molar-refractivity contribution is 5.96. The normalized spacial score (nSPS) is 11.6. The SMILES string of the molecule is CCNC(=O)NC(=O)C(C)NCCc1ccccc1OC. The molecule has 0 aliphatic carbocycles. The molecule has 1 rings (SSSR count). The summed E-state index contributed by atoms with van der Waals surface area (Å²) in [5, 5.41) is 7.87. The van der Waals surface area contributed by atoms with E-state index in [1.807, 2.05) is 24.3 Å². The van der Waals surface area contributed by atoms with Crippen molar-refractivity contribution in [2.24, 2.45) is 0 Å². The van der Waals surface area contributed by atoms with Crippen LogP contribution in [-0.2, 0) is 11.2 Å². The molecule has 1 aromatic carbocycles. The molecule has 1 atom stereocenters. The summed E-state index contributed by atoms with van der Waals surface area (Å²) in [5.41, 5.74) is 1.07. The molecule has 0 spiro atoms. The fraction of sp³-hybridized carbons (Fsp3) is 0.467. The van der Waals surface area contributed by atoms with Crippen LogP contribution in [0.2, 0.25) is 0 Å². The van der Waals surface area contributed by atoms with Gasteiger partial charge in [0, 0.05) is 13.1 Å². The number of nitrogens with one attached hydrogen (secondary N) is 3. The summed E-state index contributed by atoms with van der Waals surface area (Å²) in [7, 11) is 1.63. The Labute approximate surface area is 125 Å². The second-order valence-electron chi connectivity index (χ2n) is 4.59. The summed E-state index contributed by atoms with van der Waals surface area (Å²) in [6, 6.07) is 6.84. The lowest BCUT2D eigenvalue weighted by molar-refractivity contribution is -0.121. The molecule has 0 fully saturated rings. The van der Waals surface area contributed by atoms with Crippen LogP contribution in [0.4, 0.5) is 4.79 Å². The summed E-state index contributed by atoms with van der Waals surface area (Å²) in [4.78, 5) is 23.0. The van der Waals surface area contributed by atoms with Crippen molar-refractivity contribution in [2.45, 2.75) is 26.3 Å². The van der Waals surface area contributed by atoms with Gasteiger partial charge in [0.05, 0.1) is 13.2 Å². The Morgan fingerprint density at radius 2 is 2.00 bits per heavy atom. The predicted octanol–water partition coefficient (Wildman–Crippen LogP) is 1.06. The number of ether oxygens (including phenoxy) is 1. The molecule has 0 aliphatic heterocycles. The average Bonchev–Trinajstić information content (AvgIpc) is 2.47. The number of amides is 3. The highest BCUT2D eigenvalue weighted by Crippen LogP contribution is 2.17. The van der Waals surface area contributed by atoms with Crippen molar-refractivity contribution in [3.05, 3.63) is 29.8 Å². The maximum atomic E-state index is 11.7. The number of carbonyl (C=O) groups is 2. The minimum atomic E-state index is -0.471. The largest absolute Gasteiger partial charge is 0.496 e. The predicted molar refractivity (Wildman–Crippen MR) is 81.4 cm³/mol. The molecule has 0 saturated heterocycles. The number of para-hydroxylation sites is 1. The highest BCUT2D eigenvalue weighted by Gasteiger charge is 2.14. The Kier molecular flexibility index (Phi) is 7.25. The summed E-state index contributed by atoms with van der Waals surface area (Å²) in [5.74, 6) is 0.486. The number of carbonyl (C=O) groups excluding carboxylic acids is 2. The number of urea groups is 1. The van der Waals surface area contributed by atoms with Crippen LogP contribution in [-0.4, -0.2) is 38.2 Å². The van der Waals surface area contributed by atoms with Gasteiger partial charge in [-0.05, 0) is 31.9 Å². The Morgan fingerprint density at radius 1 is 1.29 bits per heavy atom. The third kappa shape index (κ3) is 5.83. The van der Waals surface area contributed by atoms with Crippen LogP contribution in [0.5, 0.6) is 5.75 Å². The first-order valence-electron chi connectivity index (χ1n) is 7.02. The van der Waals surface area contributed by atoms with E-state index in [1.165, 1.54) is 0 Å². The minimum Gasteiger partial charge on any atom is -0.496 e. The van der Waals surface area contributed by atoms with Gasteiger partial charge in [0.2, 0.25) is 5.91 Å². The van der Waals surface area contributed by atoms with E-state index in [4.69, 9.17) is 4.74 Å². The molecule has 6 heteroatoms. The summed E-state index contributed by atoms with van der Waals surface area (Å²) in [6.45, 7) is 4.61. The van der Waals surface area contributed by atoms with Gasteiger partial charge in [-0.2, -0.15) is 0 Å². The maximum Gasteiger partial charge on any atom is 0.321 e. The number of rotatable bonds is 7. The van der Waals surface area contributed by atoms with Gasteiger partial charge < -0.3 is 15.4 Å². The van der Waals surface area contributed by atoms with Gasteiger partial charge in [0.1, 0.15) is 5.75 Å². The van der Waals surface area contributed by atoms with Crippen molar-refractivity contribution >= 4 is 11.9 Å².